The highest BCUT2D eigenvalue weighted by Gasteiger charge is 2.22. The third-order valence-electron chi connectivity index (χ3n) is 2.46. The summed E-state index contributed by atoms with van der Waals surface area (Å²) < 4.78 is 0. The molecule has 1 aromatic carbocycles. The lowest BCUT2D eigenvalue weighted by Gasteiger charge is -2.22. The molecule has 0 amide bonds. The molecule has 0 radical (unpaired) electrons. The van der Waals surface area contributed by atoms with Gasteiger partial charge in [-0.15, -0.1) is 0 Å². The van der Waals surface area contributed by atoms with Crippen LogP contribution in [0.2, 0.25) is 0 Å². The summed E-state index contributed by atoms with van der Waals surface area (Å²) in [6, 6.07) is 4.10. The van der Waals surface area contributed by atoms with Crippen LogP contribution in [-0.4, -0.2) is 39.3 Å². The van der Waals surface area contributed by atoms with Crippen molar-refractivity contribution in [3.63, 3.8) is 0 Å². The zero-order valence-corrected chi connectivity index (χ0v) is 10.5. The van der Waals surface area contributed by atoms with Crippen LogP contribution in [0.25, 0.3) is 0 Å². The van der Waals surface area contributed by atoms with Gasteiger partial charge in [0.25, 0.3) is 5.69 Å². The monoisotopic (exact) mass is 271 g/mol. The number of anilines is 2. The Morgan fingerprint density at radius 1 is 1.42 bits per heavy atom. The van der Waals surface area contributed by atoms with Gasteiger partial charge < -0.3 is 26.0 Å². The second-order valence-electron chi connectivity index (χ2n) is 3.93. The summed E-state index contributed by atoms with van der Waals surface area (Å²) in [5, 5.41) is 43.6. The molecule has 0 bridgehead atoms. The number of hydrogen-bond acceptors (Lipinski definition) is 7. The summed E-state index contributed by atoms with van der Waals surface area (Å²) in [5.74, 6) is -2.12. The lowest BCUT2D eigenvalue weighted by atomic mass is 10.2. The largest absolute Gasteiger partial charge is 0.395 e. The Labute approximate surface area is 109 Å². The topological polar surface area (TPSA) is 128 Å². The molecule has 0 saturated carbocycles. The predicted octanol–water partition coefficient (Wildman–Crippen LogP) is 0.459. The van der Waals surface area contributed by atoms with Gasteiger partial charge in [0.05, 0.1) is 11.5 Å². The average Bonchev–Trinajstić information content (AvgIpc) is 2.36. The van der Waals surface area contributed by atoms with Gasteiger partial charge in [0, 0.05) is 24.7 Å². The van der Waals surface area contributed by atoms with E-state index in [4.69, 9.17) is 5.11 Å². The Morgan fingerprint density at radius 3 is 2.63 bits per heavy atom. The first-order valence-corrected chi connectivity index (χ1v) is 5.75. The lowest BCUT2D eigenvalue weighted by Crippen LogP contribution is -2.36. The first-order chi connectivity index (χ1) is 8.89. The van der Waals surface area contributed by atoms with E-state index in [1.807, 2.05) is 0 Å². The molecule has 1 aromatic rings. The average molecular weight is 271 g/mol. The number of benzene rings is 1. The first kappa shape index (κ1) is 15.2. The molecule has 19 heavy (non-hydrogen) atoms. The van der Waals surface area contributed by atoms with Gasteiger partial charge in [-0.25, -0.2) is 0 Å². The van der Waals surface area contributed by atoms with Crippen LogP contribution in [-0.2, 0) is 0 Å². The highest BCUT2D eigenvalue weighted by molar-refractivity contribution is 5.68. The second kappa shape index (κ2) is 6.32. The Hall–Kier alpha value is -1.90. The van der Waals surface area contributed by atoms with Crippen LogP contribution in [0.15, 0.2) is 18.2 Å². The summed E-state index contributed by atoms with van der Waals surface area (Å²) >= 11 is 0. The van der Waals surface area contributed by atoms with Crippen LogP contribution in [0.1, 0.15) is 13.3 Å². The molecular formula is C11H17N3O5. The van der Waals surface area contributed by atoms with Crippen molar-refractivity contribution in [3.05, 3.63) is 28.3 Å². The normalized spacial score (nSPS) is 11.2. The molecule has 0 aliphatic carbocycles. The van der Waals surface area contributed by atoms with Crippen LogP contribution in [0.5, 0.6) is 0 Å². The number of rotatable bonds is 7. The molecule has 0 fully saturated rings. The van der Waals surface area contributed by atoms with Crippen molar-refractivity contribution >= 4 is 17.1 Å². The van der Waals surface area contributed by atoms with Gasteiger partial charge in [-0.1, -0.05) is 6.92 Å². The van der Waals surface area contributed by atoms with Crippen LogP contribution in [0, 0.1) is 10.1 Å². The summed E-state index contributed by atoms with van der Waals surface area (Å²) in [6.45, 7) is 1.59. The van der Waals surface area contributed by atoms with Gasteiger partial charge in [0.1, 0.15) is 5.69 Å². The first-order valence-electron chi connectivity index (χ1n) is 5.75. The molecule has 0 aliphatic heterocycles. The quantitative estimate of drug-likeness (QED) is 0.277. The third-order valence-corrected chi connectivity index (χ3v) is 2.46. The molecule has 0 unspecified atom stereocenters. The van der Waals surface area contributed by atoms with Crippen LogP contribution >= 0.6 is 0 Å². The van der Waals surface area contributed by atoms with E-state index in [9.17, 15) is 20.3 Å². The van der Waals surface area contributed by atoms with Crippen molar-refractivity contribution in [1.29, 1.82) is 0 Å². The molecule has 1 rings (SSSR count). The molecular weight excluding hydrogens is 254 g/mol. The minimum Gasteiger partial charge on any atom is -0.395 e. The fourth-order valence-corrected chi connectivity index (χ4v) is 1.42. The Morgan fingerprint density at radius 2 is 2.11 bits per heavy atom. The Balaban J connectivity index is 2.99. The number of nitro benzene ring substituents is 1. The van der Waals surface area contributed by atoms with E-state index in [0.717, 1.165) is 0 Å². The highest BCUT2D eigenvalue weighted by atomic mass is 16.6. The zero-order valence-electron chi connectivity index (χ0n) is 10.5. The van der Waals surface area contributed by atoms with Gasteiger partial charge in [-0.2, -0.15) is 0 Å². The maximum atomic E-state index is 10.9. The second-order valence-corrected chi connectivity index (χ2v) is 3.93. The van der Waals surface area contributed by atoms with Crippen molar-refractivity contribution in [1.82, 2.24) is 0 Å². The molecule has 8 nitrogen and oxygen atoms in total. The molecule has 0 saturated heterocycles. The number of nitrogens with zero attached hydrogens (tertiary/aromatic N) is 1. The van der Waals surface area contributed by atoms with E-state index >= 15 is 0 Å². The number of nitrogens with one attached hydrogen (secondary N) is 2. The molecule has 0 aromatic heterocycles. The van der Waals surface area contributed by atoms with E-state index in [1.54, 1.807) is 6.92 Å². The molecule has 0 heterocycles. The molecule has 0 aliphatic rings. The highest BCUT2D eigenvalue weighted by Crippen LogP contribution is 2.28. The van der Waals surface area contributed by atoms with Gasteiger partial charge >= 0.3 is 0 Å². The van der Waals surface area contributed by atoms with Crippen molar-refractivity contribution < 1.29 is 20.2 Å². The predicted molar refractivity (Wildman–Crippen MR) is 69.8 cm³/mol. The van der Waals surface area contributed by atoms with Crippen molar-refractivity contribution in [2.24, 2.45) is 0 Å². The summed E-state index contributed by atoms with van der Waals surface area (Å²) in [4.78, 5) is 10.3. The maximum Gasteiger partial charge on any atom is 0.294 e. The van der Waals surface area contributed by atoms with Gasteiger partial charge in [-0.3, -0.25) is 10.1 Å². The number of hydrogen-bond donors (Lipinski definition) is 5. The molecule has 0 atom stereocenters. The summed E-state index contributed by atoms with van der Waals surface area (Å²) in [6.07, 6.45) is 0.0192. The molecule has 106 valence electrons. The third kappa shape index (κ3) is 4.36. The van der Waals surface area contributed by atoms with Crippen molar-refractivity contribution in [2.75, 3.05) is 23.8 Å². The molecule has 0 spiro atoms. The van der Waals surface area contributed by atoms with E-state index in [0.29, 0.717) is 0 Å². The minimum atomic E-state index is -2.12. The smallest absolute Gasteiger partial charge is 0.294 e. The van der Waals surface area contributed by atoms with E-state index in [2.05, 4.69) is 10.6 Å². The van der Waals surface area contributed by atoms with Gasteiger partial charge in [0.15, 0.2) is 0 Å². The van der Waals surface area contributed by atoms with Crippen LogP contribution in [0.4, 0.5) is 17.1 Å². The SMILES string of the molecule is CCC(O)(O)Nc1ccc(NCCO)c([N+](=O)[O-])c1. The number of nitro groups is 1. The van der Waals surface area contributed by atoms with Crippen LogP contribution in [0.3, 0.4) is 0 Å². The number of aliphatic hydroxyl groups is 3. The minimum absolute atomic E-state index is 0.0192. The fraction of sp³-hybridized carbons (Fsp3) is 0.455. The van der Waals surface area contributed by atoms with Gasteiger partial charge in [-0.05, 0) is 12.1 Å². The van der Waals surface area contributed by atoms with Crippen molar-refractivity contribution in [2.45, 2.75) is 19.3 Å². The number of aliphatic hydroxyl groups excluding tert-OH is 1. The fourth-order valence-electron chi connectivity index (χ4n) is 1.42. The van der Waals surface area contributed by atoms with E-state index < -0.39 is 10.8 Å². The molecule has 5 N–H and O–H groups in total. The van der Waals surface area contributed by atoms with Crippen LogP contribution < -0.4 is 10.6 Å². The van der Waals surface area contributed by atoms with E-state index in [1.165, 1.54) is 18.2 Å². The molecule has 8 heteroatoms. The Bertz CT molecular complexity index is 450. The summed E-state index contributed by atoms with van der Waals surface area (Å²) in [7, 11) is 0. The van der Waals surface area contributed by atoms with Gasteiger partial charge in [0.2, 0.25) is 5.91 Å². The zero-order chi connectivity index (χ0) is 14.5. The van der Waals surface area contributed by atoms with E-state index in [-0.39, 0.29) is 36.6 Å². The lowest BCUT2D eigenvalue weighted by molar-refractivity contribution is -0.383. The maximum absolute atomic E-state index is 10.9. The van der Waals surface area contributed by atoms with Crippen molar-refractivity contribution in [3.8, 4) is 0 Å². The standard InChI is InChI=1S/C11H17N3O5/c1-2-11(16,17)13-8-3-4-9(12-5-6-15)10(7-8)14(18)19/h3-4,7,12-13,15-17H,2,5-6H2,1H3. The summed E-state index contributed by atoms with van der Waals surface area (Å²) in [5.41, 5.74) is 0.251. The Kier molecular flexibility index (Phi) is 5.04.